The van der Waals surface area contributed by atoms with Gasteiger partial charge in [-0.3, -0.25) is 0 Å². The Hall–Kier alpha value is -1.33. The smallest absolute Gasteiger partial charge is 0.371 e. The van der Waals surface area contributed by atoms with Crippen LogP contribution in [0.3, 0.4) is 0 Å². The van der Waals surface area contributed by atoms with Gasteiger partial charge in [-0.15, -0.1) is 0 Å². The van der Waals surface area contributed by atoms with Crippen molar-refractivity contribution in [1.82, 2.24) is 0 Å². The molecule has 2 N–H and O–H groups in total. The molecule has 0 aliphatic carbocycles. The summed E-state index contributed by atoms with van der Waals surface area (Å²) in [7, 11) is -3.95. The lowest BCUT2D eigenvalue weighted by Crippen LogP contribution is -2.18. The molecule has 1 aromatic carbocycles. The van der Waals surface area contributed by atoms with E-state index in [1.54, 1.807) is 18.2 Å². The molecule has 5 heteroatoms. The quantitative estimate of drug-likeness (QED) is 0.822. The first-order valence-electron chi connectivity index (χ1n) is 3.86. The van der Waals surface area contributed by atoms with E-state index in [1.165, 1.54) is 6.07 Å². The molecule has 0 saturated heterocycles. The Morgan fingerprint density at radius 2 is 2.14 bits per heavy atom. The average Bonchev–Trinajstić information content (AvgIpc) is 2.01. The van der Waals surface area contributed by atoms with Crippen molar-refractivity contribution >= 4 is 15.9 Å². The Balaban J connectivity index is 3.01. The first-order chi connectivity index (χ1) is 6.38. The van der Waals surface area contributed by atoms with E-state index in [9.17, 15) is 8.42 Å². The van der Waals surface area contributed by atoms with Crippen molar-refractivity contribution in [3.63, 3.8) is 0 Å². The zero-order valence-corrected chi connectivity index (χ0v) is 8.54. The number of rotatable bonds is 3. The zero-order valence-electron chi connectivity index (χ0n) is 7.73. The van der Waals surface area contributed by atoms with Crippen molar-refractivity contribution in [2.24, 2.45) is 5.14 Å². The first-order valence-corrected chi connectivity index (χ1v) is 5.34. The fourth-order valence-electron chi connectivity index (χ4n) is 0.948. The van der Waals surface area contributed by atoms with Gasteiger partial charge in [-0.2, -0.15) is 13.6 Å². The van der Waals surface area contributed by atoms with Crippen LogP contribution in [0.5, 0.6) is 5.75 Å². The topological polar surface area (TPSA) is 69.4 Å². The first kappa shape index (κ1) is 10.7. The Bertz CT molecular complexity index is 451. The SMILES string of the molecule is C=C(C)c1cccc(OS(N)(=O)=O)c1. The maximum atomic E-state index is 10.6. The van der Waals surface area contributed by atoms with Gasteiger partial charge in [-0.25, -0.2) is 0 Å². The number of nitrogens with two attached hydrogens (primary N) is 1. The number of hydrogen-bond donors (Lipinski definition) is 1. The van der Waals surface area contributed by atoms with Gasteiger partial charge < -0.3 is 4.18 Å². The second-order valence-corrected chi connectivity index (χ2v) is 4.04. The molecule has 0 fully saturated rings. The minimum Gasteiger partial charge on any atom is -0.371 e. The van der Waals surface area contributed by atoms with Crippen molar-refractivity contribution < 1.29 is 12.6 Å². The van der Waals surface area contributed by atoms with E-state index >= 15 is 0 Å². The molecule has 4 nitrogen and oxygen atoms in total. The van der Waals surface area contributed by atoms with E-state index in [0.29, 0.717) is 0 Å². The van der Waals surface area contributed by atoms with Crippen molar-refractivity contribution in [1.29, 1.82) is 0 Å². The van der Waals surface area contributed by atoms with E-state index in [2.05, 4.69) is 10.8 Å². The van der Waals surface area contributed by atoms with Crippen molar-refractivity contribution in [2.75, 3.05) is 0 Å². The third kappa shape index (κ3) is 3.20. The lowest BCUT2D eigenvalue weighted by Gasteiger charge is -2.04. The van der Waals surface area contributed by atoms with Crippen LogP contribution in [0.1, 0.15) is 12.5 Å². The standard InChI is InChI=1S/C9H11NO3S/c1-7(2)8-4-3-5-9(6-8)13-14(10,11)12/h3-6H,1H2,2H3,(H2,10,11,12). The monoisotopic (exact) mass is 213 g/mol. The van der Waals surface area contributed by atoms with E-state index in [0.717, 1.165) is 11.1 Å². The summed E-state index contributed by atoms with van der Waals surface area (Å²) >= 11 is 0. The second kappa shape index (κ2) is 3.81. The normalized spacial score (nSPS) is 11.0. The molecule has 0 atom stereocenters. The lowest BCUT2D eigenvalue weighted by atomic mass is 10.1. The highest BCUT2D eigenvalue weighted by atomic mass is 32.2. The van der Waals surface area contributed by atoms with Crippen LogP contribution < -0.4 is 9.32 Å². The summed E-state index contributed by atoms with van der Waals surface area (Å²) in [6.45, 7) is 5.54. The highest BCUT2D eigenvalue weighted by molar-refractivity contribution is 7.84. The van der Waals surface area contributed by atoms with Gasteiger partial charge in [0.15, 0.2) is 0 Å². The van der Waals surface area contributed by atoms with Gasteiger partial charge in [-0.1, -0.05) is 24.3 Å². The molecule has 0 heterocycles. The van der Waals surface area contributed by atoms with Gasteiger partial charge in [0.25, 0.3) is 0 Å². The van der Waals surface area contributed by atoms with Crippen LogP contribution in [0.15, 0.2) is 30.8 Å². The summed E-state index contributed by atoms with van der Waals surface area (Å²) in [5, 5.41) is 4.72. The fourth-order valence-corrected chi connectivity index (χ4v) is 1.32. The third-order valence-corrected chi connectivity index (χ3v) is 1.96. The molecule has 0 bridgehead atoms. The highest BCUT2D eigenvalue weighted by Crippen LogP contribution is 2.19. The molecule has 0 aliphatic rings. The number of benzene rings is 1. The Labute approximate surface area is 83.3 Å². The van der Waals surface area contributed by atoms with Gasteiger partial charge in [0, 0.05) is 0 Å². The highest BCUT2D eigenvalue weighted by Gasteiger charge is 2.05. The maximum absolute atomic E-state index is 10.6. The molecule has 14 heavy (non-hydrogen) atoms. The molecule has 0 spiro atoms. The zero-order chi connectivity index (χ0) is 10.8. The van der Waals surface area contributed by atoms with Gasteiger partial charge in [0.2, 0.25) is 0 Å². The predicted octanol–water partition coefficient (Wildman–Crippen LogP) is 1.30. The van der Waals surface area contributed by atoms with Crippen LogP contribution >= 0.6 is 0 Å². The Morgan fingerprint density at radius 1 is 1.50 bits per heavy atom. The number of allylic oxidation sites excluding steroid dienone is 1. The molecular weight excluding hydrogens is 202 g/mol. The van der Waals surface area contributed by atoms with Crippen molar-refractivity contribution in [2.45, 2.75) is 6.92 Å². The molecule has 0 aliphatic heterocycles. The summed E-state index contributed by atoms with van der Waals surface area (Å²) in [5.74, 6) is 0.188. The van der Waals surface area contributed by atoms with Crippen LogP contribution in [0, 0.1) is 0 Å². The fraction of sp³-hybridized carbons (Fsp3) is 0.111. The largest absolute Gasteiger partial charge is 0.380 e. The summed E-state index contributed by atoms with van der Waals surface area (Å²) in [5.41, 5.74) is 1.64. The Kier molecular flexibility index (Phi) is 2.93. The van der Waals surface area contributed by atoms with Crippen molar-refractivity contribution in [3.05, 3.63) is 36.4 Å². The van der Waals surface area contributed by atoms with Crippen LogP contribution in [0.4, 0.5) is 0 Å². The Morgan fingerprint density at radius 3 is 2.64 bits per heavy atom. The van der Waals surface area contributed by atoms with Crippen molar-refractivity contribution in [3.8, 4) is 5.75 Å². The molecule has 0 radical (unpaired) electrons. The molecule has 76 valence electrons. The molecule has 0 amide bonds. The van der Waals surface area contributed by atoms with E-state index in [1.807, 2.05) is 6.92 Å². The van der Waals surface area contributed by atoms with E-state index in [-0.39, 0.29) is 5.75 Å². The summed E-state index contributed by atoms with van der Waals surface area (Å²) in [6, 6.07) is 6.55. The minimum atomic E-state index is -3.95. The molecular formula is C9H11NO3S. The summed E-state index contributed by atoms with van der Waals surface area (Å²) in [6.07, 6.45) is 0. The van der Waals surface area contributed by atoms with Gasteiger partial charge in [0.1, 0.15) is 5.75 Å². The lowest BCUT2D eigenvalue weighted by molar-refractivity contribution is 0.487. The third-order valence-electron chi connectivity index (χ3n) is 1.54. The van der Waals surface area contributed by atoms with Gasteiger partial charge in [0.05, 0.1) is 0 Å². The molecule has 0 saturated carbocycles. The van der Waals surface area contributed by atoms with Gasteiger partial charge in [-0.05, 0) is 24.6 Å². The molecule has 0 unspecified atom stereocenters. The summed E-state index contributed by atoms with van der Waals surface area (Å²) in [4.78, 5) is 0. The van der Waals surface area contributed by atoms with Crippen LogP contribution in [-0.4, -0.2) is 8.42 Å². The maximum Gasteiger partial charge on any atom is 0.380 e. The average molecular weight is 213 g/mol. The molecule has 1 aromatic rings. The van der Waals surface area contributed by atoms with E-state index in [4.69, 9.17) is 5.14 Å². The molecule has 0 aromatic heterocycles. The second-order valence-electron chi connectivity index (χ2n) is 2.88. The number of hydrogen-bond acceptors (Lipinski definition) is 3. The van der Waals surface area contributed by atoms with E-state index < -0.39 is 10.3 Å². The van der Waals surface area contributed by atoms with Crippen LogP contribution in [0.25, 0.3) is 5.57 Å². The van der Waals surface area contributed by atoms with Crippen LogP contribution in [0.2, 0.25) is 0 Å². The van der Waals surface area contributed by atoms with Crippen LogP contribution in [-0.2, 0) is 10.3 Å². The summed E-state index contributed by atoms with van der Waals surface area (Å²) < 4.78 is 25.7. The van der Waals surface area contributed by atoms with Gasteiger partial charge >= 0.3 is 10.3 Å². The minimum absolute atomic E-state index is 0.188. The molecule has 1 rings (SSSR count). The predicted molar refractivity (Wildman–Crippen MR) is 54.9 cm³/mol.